The Labute approximate surface area is 146 Å². The summed E-state index contributed by atoms with van der Waals surface area (Å²) < 4.78 is 38.8. The van der Waals surface area contributed by atoms with Crippen LogP contribution in [-0.4, -0.2) is 6.03 Å². The van der Waals surface area contributed by atoms with Gasteiger partial charge in [0.15, 0.2) is 0 Å². The van der Waals surface area contributed by atoms with E-state index < -0.39 is 17.8 Å². The van der Waals surface area contributed by atoms with Gasteiger partial charge in [0.2, 0.25) is 0 Å². The van der Waals surface area contributed by atoms with Crippen molar-refractivity contribution < 1.29 is 18.0 Å². The molecule has 0 aromatic heterocycles. The van der Waals surface area contributed by atoms with Crippen molar-refractivity contribution in [2.24, 2.45) is 0 Å². The van der Waals surface area contributed by atoms with Crippen LogP contribution in [0.25, 0.3) is 6.08 Å². The Hall–Kier alpha value is -2.18. The third kappa shape index (κ3) is 5.18. The predicted octanol–water partition coefficient (Wildman–Crippen LogP) is 5.80. The lowest BCUT2D eigenvalue weighted by atomic mass is 10.1. The van der Waals surface area contributed by atoms with E-state index >= 15 is 0 Å². The molecule has 2 N–H and O–H groups in total. The maximum atomic E-state index is 12.9. The molecule has 0 atom stereocenters. The van der Waals surface area contributed by atoms with Crippen molar-refractivity contribution in [3.05, 3.63) is 69.8 Å². The van der Waals surface area contributed by atoms with Crippen LogP contribution in [0.2, 0.25) is 10.0 Å². The molecule has 0 saturated heterocycles. The number of halogens is 5. The fourth-order valence-electron chi connectivity index (χ4n) is 1.84. The van der Waals surface area contributed by atoms with E-state index in [0.29, 0.717) is 5.02 Å². The van der Waals surface area contributed by atoms with Gasteiger partial charge in [-0.3, -0.25) is 0 Å². The first kappa shape index (κ1) is 18.2. The van der Waals surface area contributed by atoms with Crippen LogP contribution in [0.1, 0.15) is 11.1 Å². The monoisotopic (exact) mass is 374 g/mol. The van der Waals surface area contributed by atoms with Gasteiger partial charge in [-0.05, 0) is 42.0 Å². The molecule has 2 rings (SSSR count). The zero-order chi connectivity index (χ0) is 17.7. The SMILES string of the molecule is O=C(N/C=C/c1cccc(Cl)c1)Nc1ccc(Cl)cc1C(F)(F)F. The van der Waals surface area contributed by atoms with Crippen LogP contribution >= 0.6 is 23.2 Å². The molecular formula is C16H11Cl2F3N2O. The number of carbonyl (C=O) groups is 1. The molecule has 0 bridgehead atoms. The highest BCUT2D eigenvalue weighted by molar-refractivity contribution is 6.31. The third-order valence-corrected chi connectivity index (χ3v) is 3.34. The molecule has 2 aromatic rings. The van der Waals surface area contributed by atoms with Gasteiger partial charge in [0.05, 0.1) is 11.3 Å². The maximum Gasteiger partial charge on any atom is 0.418 e. The summed E-state index contributed by atoms with van der Waals surface area (Å²) in [5.74, 6) is 0. The van der Waals surface area contributed by atoms with Gasteiger partial charge in [-0.1, -0.05) is 35.3 Å². The van der Waals surface area contributed by atoms with Crippen molar-refractivity contribution >= 4 is 41.0 Å². The summed E-state index contributed by atoms with van der Waals surface area (Å²) in [6, 6.07) is 9.12. The van der Waals surface area contributed by atoms with Crippen LogP contribution in [0.4, 0.5) is 23.7 Å². The normalized spacial score (nSPS) is 11.5. The number of hydrogen-bond donors (Lipinski definition) is 2. The third-order valence-electron chi connectivity index (χ3n) is 2.87. The fraction of sp³-hybridized carbons (Fsp3) is 0.0625. The number of benzene rings is 2. The van der Waals surface area contributed by atoms with E-state index in [1.807, 2.05) is 0 Å². The highest BCUT2D eigenvalue weighted by atomic mass is 35.5. The van der Waals surface area contributed by atoms with Crippen LogP contribution in [0.15, 0.2) is 48.7 Å². The first-order chi connectivity index (χ1) is 11.3. The number of rotatable bonds is 3. The van der Waals surface area contributed by atoms with Gasteiger partial charge in [0.1, 0.15) is 0 Å². The van der Waals surface area contributed by atoms with E-state index in [9.17, 15) is 18.0 Å². The Bertz CT molecular complexity index is 776. The minimum Gasteiger partial charge on any atom is -0.314 e. The fourth-order valence-corrected chi connectivity index (χ4v) is 2.21. The van der Waals surface area contributed by atoms with Crippen LogP contribution in [0.5, 0.6) is 0 Å². The molecule has 0 aliphatic carbocycles. The van der Waals surface area contributed by atoms with Crippen molar-refractivity contribution in [3.63, 3.8) is 0 Å². The van der Waals surface area contributed by atoms with E-state index in [0.717, 1.165) is 17.7 Å². The van der Waals surface area contributed by atoms with Crippen LogP contribution < -0.4 is 10.6 Å². The molecule has 8 heteroatoms. The van der Waals surface area contributed by atoms with Crippen molar-refractivity contribution in [2.75, 3.05) is 5.32 Å². The molecule has 2 aromatic carbocycles. The van der Waals surface area contributed by atoms with Crippen molar-refractivity contribution in [3.8, 4) is 0 Å². The Morgan fingerprint density at radius 1 is 1.04 bits per heavy atom. The lowest BCUT2D eigenvalue weighted by molar-refractivity contribution is -0.136. The van der Waals surface area contributed by atoms with E-state index in [-0.39, 0.29) is 10.7 Å². The molecule has 0 unspecified atom stereocenters. The summed E-state index contributed by atoms with van der Waals surface area (Å²) in [4.78, 5) is 11.7. The topological polar surface area (TPSA) is 41.1 Å². The summed E-state index contributed by atoms with van der Waals surface area (Å²) in [7, 11) is 0. The van der Waals surface area contributed by atoms with Gasteiger partial charge in [0, 0.05) is 16.2 Å². The van der Waals surface area contributed by atoms with E-state index in [2.05, 4.69) is 10.6 Å². The number of urea groups is 1. The quantitative estimate of drug-likeness (QED) is 0.699. The van der Waals surface area contributed by atoms with Crippen molar-refractivity contribution in [1.82, 2.24) is 5.32 Å². The highest BCUT2D eigenvalue weighted by Crippen LogP contribution is 2.36. The number of nitrogens with one attached hydrogen (secondary N) is 2. The van der Waals surface area contributed by atoms with Crippen molar-refractivity contribution in [2.45, 2.75) is 6.18 Å². The van der Waals surface area contributed by atoms with Gasteiger partial charge < -0.3 is 10.6 Å². The molecular weight excluding hydrogens is 364 g/mol. The largest absolute Gasteiger partial charge is 0.418 e. The minimum absolute atomic E-state index is 0.0749. The van der Waals surface area contributed by atoms with Crippen LogP contribution in [0, 0.1) is 0 Å². The number of carbonyl (C=O) groups excluding carboxylic acids is 1. The molecule has 3 nitrogen and oxygen atoms in total. The molecule has 0 spiro atoms. The van der Waals surface area contributed by atoms with Gasteiger partial charge in [0.25, 0.3) is 0 Å². The zero-order valence-corrected chi connectivity index (χ0v) is 13.5. The van der Waals surface area contributed by atoms with Gasteiger partial charge >= 0.3 is 12.2 Å². The standard InChI is InChI=1S/C16H11Cl2F3N2O/c17-11-3-1-2-10(8-11)6-7-22-15(24)23-14-5-4-12(18)9-13(14)16(19,20)21/h1-9H,(H2,22,23,24)/b7-6+. The lowest BCUT2D eigenvalue weighted by Crippen LogP contribution is -2.25. The molecule has 0 aliphatic rings. The Morgan fingerprint density at radius 3 is 2.42 bits per heavy atom. The number of alkyl halides is 3. The van der Waals surface area contributed by atoms with Gasteiger partial charge in [-0.25, -0.2) is 4.79 Å². The number of anilines is 1. The zero-order valence-electron chi connectivity index (χ0n) is 12.0. The average molecular weight is 375 g/mol. The molecule has 0 aliphatic heterocycles. The molecule has 0 radical (unpaired) electrons. The maximum absolute atomic E-state index is 12.9. The summed E-state index contributed by atoms with van der Waals surface area (Å²) >= 11 is 11.4. The Kier molecular flexibility index (Phi) is 5.75. The predicted molar refractivity (Wildman–Crippen MR) is 89.1 cm³/mol. The summed E-state index contributed by atoms with van der Waals surface area (Å²) in [5, 5.41) is 4.90. The number of hydrogen-bond acceptors (Lipinski definition) is 1. The van der Waals surface area contributed by atoms with Gasteiger partial charge in [-0.2, -0.15) is 13.2 Å². The first-order valence-corrected chi connectivity index (χ1v) is 7.38. The van der Waals surface area contributed by atoms with Crippen LogP contribution in [-0.2, 0) is 6.18 Å². The van der Waals surface area contributed by atoms with E-state index in [1.165, 1.54) is 12.3 Å². The highest BCUT2D eigenvalue weighted by Gasteiger charge is 2.34. The van der Waals surface area contributed by atoms with Gasteiger partial charge in [-0.15, -0.1) is 0 Å². The molecule has 126 valence electrons. The Balaban J connectivity index is 2.05. The number of amides is 2. The molecule has 2 amide bonds. The summed E-state index contributed by atoms with van der Waals surface area (Å²) in [5.41, 5.74) is -0.685. The second kappa shape index (κ2) is 7.59. The Morgan fingerprint density at radius 2 is 1.75 bits per heavy atom. The smallest absolute Gasteiger partial charge is 0.314 e. The lowest BCUT2D eigenvalue weighted by Gasteiger charge is -2.13. The second-order valence-corrected chi connectivity index (χ2v) is 5.55. The second-order valence-electron chi connectivity index (χ2n) is 4.67. The molecule has 0 fully saturated rings. The summed E-state index contributed by atoms with van der Waals surface area (Å²) in [6.07, 6.45) is -1.79. The van der Waals surface area contributed by atoms with Crippen molar-refractivity contribution in [1.29, 1.82) is 0 Å². The van der Waals surface area contributed by atoms with Crippen LogP contribution in [0.3, 0.4) is 0 Å². The molecule has 0 heterocycles. The molecule has 0 saturated carbocycles. The van der Waals surface area contributed by atoms with E-state index in [4.69, 9.17) is 23.2 Å². The van der Waals surface area contributed by atoms with E-state index in [1.54, 1.807) is 30.3 Å². The molecule has 24 heavy (non-hydrogen) atoms. The minimum atomic E-state index is -4.63. The average Bonchev–Trinajstić information content (AvgIpc) is 2.48. The summed E-state index contributed by atoms with van der Waals surface area (Å²) in [6.45, 7) is 0. The first-order valence-electron chi connectivity index (χ1n) is 6.62.